The van der Waals surface area contributed by atoms with Crippen LogP contribution in [0.4, 0.5) is 5.69 Å². The summed E-state index contributed by atoms with van der Waals surface area (Å²) in [5.41, 5.74) is 1.12. The number of hydrogen-bond acceptors (Lipinski definition) is 4. The van der Waals surface area contributed by atoms with Crippen LogP contribution in [0.5, 0.6) is 0 Å². The molecule has 120 valence electrons. The van der Waals surface area contributed by atoms with Crippen LogP contribution in [0.25, 0.3) is 22.1 Å². The van der Waals surface area contributed by atoms with Gasteiger partial charge in [-0.3, -0.25) is 4.79 Å². The molecule has 0 atom stereocenters. The molecule has 24 heavy (non-hydrogen) atoms. The Hall–Kier alpha value is -3.41. The highest BCUT2D eigenvalue weighted by molar-refractivity contribution is 5.93. The zero-order chi connectivity index (χ0) is 17.3. The van der Waals surface area contributed by atoms with Crippen LogP contribution in [0.3, 0.4) is 0 Å². The van der Waals surface area contributed by atoms with Crippen LogP contribution in [0.1, 0.15) is 17.3 Å². The number of benzene rings is 2. The molecule has 6 heteroatoms. The van der Waals surface area contributed by atoms with Crippen molar-refractivity contribution in [1.29, 1.82) is 0 Å². The van der Waals surface area contributed by atoms with Gasteiger partial charge in [0.25, 0.3) is 0 Å². The van der Waals surface area contributed by atoms with Crippen molar-refractivity contribution in [2.45, 2.75) is 6.92 Å². The zero-order valence-corrected chi connectivity index (χ0v) is 12.7. The molecule has 0 unspecified atom stereocenters. The van der Waals surface area contributed by atoms with Crippen LogP contribution in [-0.2, 0) is 4.79 Å². The standard InChI is InChI=1S/C18H13NO5/c1-10(20)19-14-6-5-12-8-15(18(23)24-16(12)9-14)11-3-2-4-13(7-11)17(21)22/h2-9H,1H3,(H,19,20)(H,21,22). The molecule has 0 aliphatic carbocycles. The third-order valence-corrected chi connectivity index (χ3v) is 3.48. The summed E-state index contributed by atoms with van der Waals surface area (Å²) in [6.07, 6.45) is 0. The van der Waals surface area contributed by atoms with E-state index in [0.29, 0.717) is 22.2 Å². The SMILES string of the molecule is CC(=O)Nc1ccc2cc(-c3cccc(C(=O)O)c3)c(=O)oc2c1. The molecule has 3 rings (SSSR count). The molecule has 0 fully saturated rings. The third kappa shape index (κ3) is 3.03. The second-order valence-electron chi connectivity index (χ2n) is 5.27. The Morgan fingerprint density at radius 2 is 1.88 bits per heavy atom. The number of nitrogens with one attached hydrogen (secondary N) is 1. The number of carboxylic acid groups (broad SMARTS) is 1. The summed E-state index contributed by atoms with van der Waals surface area (Å²) in [6, 6.07) is 12.7. The molecule has 2 N–H and O–H groups in total. The molecule has 1 aromatic heterocycles. The van der Waals surface area contributed by atoms with Gasteiger partial charge in [0.05, 0.1) is 11.1 Å². The zero-order valence-electron chi connectivity index (χ0n) is 12.7. The lowest BCUT2D eigenvalue weighted by molar-refractivity contribution is -0.114. The van der Waals surface area contributed by atoms with Crippen molar-refractivity contribution < 1.29 is 19.1 Å². The topological polar surface area (TPSA) is 96.6 Å². The normalized spacial score (nSPS) is 10.5. The second kappa shape index (κ2) is 6.00. The van der Waals surface area contributed by atoms with Crippen LogP contribution in [0.15, 0.2) is 57.7 Å². The van der Waals surface area contributed by atoms with Crippen LogP contribution in [0.2, 0.25) is 0 Å². The molecule has 1 heterocycles. The first-order valence-electron chi connectivity index (χ1n) is 7.13. The van der Waals surface area contributed by atoms with Gasteiger partial charge in [-0.2, -0.15) is 0 Å². The molecule has 2 aromatic carbocycles. The molecule has 0 radical (unpaired) electrons. The number of aromatic carboxylic acids is 1. The average molecular weight is 323 g/mol. The van der Waals surface area contributed by atoms with Crippen molar-refractivity contribution in [3.63, 3.8) is 0 Å². The number of carbonyl (C=O) groups excluding carboxylic acids is 1. The maximum atomic E-state index is 12.2. The maximum absolute atomic E-state index is 12.2. The summed E-state index contributed by atoms with van der Waals surface area (Å²) in [4.78, 5) is 34.4. The number of anilines is 1. The Labute approximate surface area is 136 Å². The Morgan fingerprint density at radius 3 is 2.58 bits per heavy atom. The fourth-order valence-electron chi connectivity index (χ4n) is 2.41. The van der Waals surface area contributed by atoms with Crippen molar-refractivity contribution in [2.75, 3.05) is 5.32 Å². The highest BCUT2D eigenvalue weighted by atomic mass is 16.4. The number of amides is 1. The van der Waals surface area contributed by atoms with E-state index in [2.05, 4.69) is 5.32 Å². The number of fused-ring (bicyclic) bond motifs is 1. The van der Waals surface area contributed by atoms with E-state index >= 15 is 0 Å². The Morgan fingerprint density at radius 1 is 1.08 bits per heavy atom. The van der Waals surface area contributed by atoms with E-state index in [-0.39, 0.29) is 17.0 Å². The molecular weight excluding hydrogens is 310 g/mol. The lowest BCUT2D eigenvalue weighted by Gasteiger charge is -2.06. The lowest BCUT2D eigenvalue weighted by atomic mass is 10.0. The summed E-state index contributed by atoms with van der Waals surface area (Å²) in [5, 5.41) is 12.3. The van der Waals surface area contributed by atoms with Gasteiger partial charge >= 0.3 is 11.6 Å². The smallest absolute Gasteiger partial charge is 0.344 e. The van der Waals surface area contributed by atoms with E-state index in [0.717, 1.165) is 0 Å². The molecule has 0 saturated carbocycles. The van der Waals surface area contributed by atoms with Gasteiger partial charge in [-0.1, -0.05) is 12.1 Å². The molecule has 6 nitrogen and oxygen atoms in total. The third-order valence-electron chi connectivity index (χ3n) is 3.48. The molecule has 0 aliphatic heterocycles. The van der Waals surface area contributed by atoms with Gasteiger partial charge in [-0.05, 0) is 35.9 Å². The summed E-state index contributed by atoms with van der Waals surface area (Å²) >= 11 is 0. The van der Waals surface area contributed by atoms with Gasteiger partial charge in [0.2, 0.25) is 5.91 Å². The largest absolute Gasteiger partial charge is 0.478 e. The molecular formula is C18H13NO5. The second-order valence-corrected chi connectivity index (χ2v) is 5.27. The number of carbonyl (C=O) groups is 2. The molecule has 1 amide bonds. The minimum Gasteiger partial charge on any atom is -0.478 e. The summed E-state index contributed by atoms with van der Waals surface area (Å²) in [5.74, 6) is -1.29. The quantitative estimate of drug-likeness (QED) is 0.722. The van der Waals surface area contributed by atoms with Gasteiger partial charge in [-0.15, -0.1) is 0 Å². The first kappa shape index (κ1) is 15.5. The minimum atomic E-state index is -1.07. The lowest BCUT2D eigenvalue weighted by Crippen LogP contribution is -2.06. The van der Waals surface area contributed by atoms with E-state index in [4.69, 9.17) is 9.52 Å². The molecule has 0 saturated heterocycles. The maximum Gasteiger partial charge on any atom is 0.344 e. The van der Waals surface area contributed by atoms with Crippen LogP contribution < -0.4 is 10.9 Å². The van der Waals surface area contributed by atoms with Crippen molar-refractivity contribution >= 4 is 28.5 Å². The fraction of sp³-hybridized carbons (Fsp3) is 0.0556. The van der Waals surface area contributed by atoms with E-state index in [1.165, 1.54) is 19.1 Å². The van der Waals surface area contributed by atoms with E-state index in [1.807, 2.05) is 0 Å². The number of carboxylic acids is 1. The first-order valence-corrected chi connectivity index (χ1v) is 7.13. The van der Waals surface area contributed by atoms with E-state index < -0.39 is 11.6 Å². The summed E-state index contributed by atoms with van der Waals surface area (Å²) in [7, 11) is 0. The molecule has 3 aromatic rings. The number of hydrogen-bond donors (Lipinski definition) is 2. The van der Waals surface area contributed by atoms with E-state index in [9.17, 15) is 14.4 Å². The fourth-order valence-corrected chi connectivity index (χ4v) is 2.41. The van der Waals surface area contributed by atoms with Gasteiger partial charge < -0.3 is 14.8 Å². The first-order chi connectivity index (χ1) is 11.4. The Balaban J connectivity index is 2.12. The monoisotopic (exact) mass is 323 g/mol. The predicted molar refractivity (Wildman–Crippen MR) is 89.2 cm³/mol. The van der Waals surface area contributed by atoms with Crippen molar-refractivity contribution in [3.8, 4) is 11.1 Å². The number of rotatable bonds is 3. The molecule has 0 aliphatic rings. The average Bonchev–Trinajstić information content (AvgIpc) is 2.53. The Bertz CT molecular complexity index is 1020. The van der Waals surface area contributed by atoms with Crippen molar-refractivity contribution in [1.82, 2.24) is 0 Å². The van der Waals surface area contributed by atoms with Crippen LogP contribution >= 0.6 is 0 Å². The van der Waals surface area contributed by atoms with E-state index in [1.54, 1.807) is 36.4 Å². The van der Waals surface area contributed by atoms with Gasteiger partial charge in [0.1, 0.15) is 5.58 Å². The highest BCUT2D eigenvalue weighted by Gasteiger charge is 2.11. The summed E-state index contributed by atoms with van der Waals surface area (Å²) < 4.78 is 5.32. The predicted octanol–water partition coefficient (Wildman–Crippen LogP) is 3.12. The van der Waals surface area contributed by atoms with Gasteiger partial charge in [-0.25, -0.2) is 9.59 Å². The van der Waals surface area contributed by atoms with Gasteiger partial charge in [0, 0.05) is 24.1 Å². The summed E-state index contributed by atoms with van der Waals surface area (Å²) in [6.45, 7) is 1.39. The van der Waals surface area contributed by atoms with Gasteiger partial charge in [0.15, 0.2) is 0 Å². The molecule has 0 bridgehead atoms. The highest BCUT2D eigenvalue weighted by Crippen LogP contribution is 2.24. The Kier molecular flexibility index (Phi) is 3.87. The van der Waals surface area contributed by atoms with Crippen molar-refractivity contribution in [2.24, 2.45) is 0 Å². The minimum absolute atomic E-state index is 0.0907. The van der Waals surface area contributed by atoms with Crippen molar-refractivity contribution in [3.05, 3.63) is 64.5 Å². The van der Waals surface area contributed by atoms with Crippen LogP contribution in [-0.4, -0.2) is 17.0 Å². The van der Waals surface area contributed by atoms with Crippen LogP contribution in [0, 0.1) is 0 Å². The molecule has 0 spiro atoms.